The van der Waals surface area contributed by atoms with Gasteiger partial charge in [0.25, 0.3) is 0 Å². The summed E-state index contributed by atoms with van der Waals surface area (Å²) in [5, 5.41) is 0. The number of ether oxygens (including phenoxy) is 1. The molecule has 1 fully saturated rings. The van der Waals surface area contributed by atoms with Crippen molar-refractivity contribution in [1.82, 2.24) is 4.98 Å². The number of aromatic nitrogens is 1. The zero-order valence-corrected chi connectivity index (χ0v) is 10.6. The summed E-state index contributed by atoms with van der Waals surface area (Å²) < 4.78 is 5.84. The third-order valence-electron chi connectivity index (χ3n) is 3.51. The van der Waals surface area contributed by atoms with Crippen molar-refractivity contribution in [3.63, 3.8) is 0 Å². The zero-order chi connectivity index (χ0) is 12.5. The first-order chi connectivity index (χ1) is 7.96. The van der Waals surface area contributed by atoms with E-state index in [1.807, 2.05) is 0 Å². The van der Waals surface area contributed by atoms with Crippen molar-refractivity contribution in [1.29, 1.82) is 0 Å². The first kappa shape index (κ1) is 12.0. The second-order valence-electron chi connectivity index (χ2n) is 5.61. The summed E-state index contributed by atoms with van der Waals surface area (Å²) in [5.41, 5.74) is 12.2. The van der Waals surface area contributed by atoms with Gasteiger partial charge in [0.2, 0.25) is 5.88 Å². The summed E-state index contributed by atoms with van der Waals surface area (Å²) in [7, 11) is 0. The number of rotatable bonds is 2. The molecule has 17 heavy (non-hydrogen) atoms. The second-order valence-corrected chi connectivity index (χ2v) is 5.61. The van der Waals surface area contributed by atoms with Crippen LogP contribution < -0.4 is 16.2 Å². The maximum absolute atomic E-state index is 5.84. The minimum atomic E-state index is 0.263. The van der Waals surface area contributed by atoms with Gasteiger partial charge in [0, 0.05) is 6.07 Å². The van der Waals surface area contributed by atoms with Crippen LogP contribution in [0.15, 0.2) is 12.1 Å². The Labute approximate surface area is 102 Å². The van der Waals surface area contributed by atoms with E-state index in [9.17, 15) is 0 Å². The monoisotopic (exact) mass is 235 g/mol. The molecule has 1 aromatic heterocycles. The first-order valence-corrected chi connectivity index (χ1v) is 6.15. The van der Waals surface area contributed by atoms with Gasteiger partial charge >= 0.3 is 0 Å². The van der Waals surface area contributed by atoms with Gasteiger partial charge in [0.05, 0.1) is 5.69 Å². The van der Waals surface area contributed by atoms with Crippen LogP contribution in [-0.2, 0) is 0 Å². The van der Waals surface area contributed by atoms with Gasteiger partial charge in [-0.3, -0.25) is 0 Å². The molecule has 2 rings (SSSR count). The Morgan fingerprint density at radius 2 is 1.88 bits per heavy atom. The smallest absolute Gasteiger partial charge is 0.215 e. The second kappa shape index (κ2) is 4.43. The lowest BCUT2D eigenvalue weighted by atomic mass is 9.76. The molecular formula is C13H21N3O. The van der Waals surface area contributed by atoms with Crippen LogP contribution in [0.3, 0.4) is 0 Å². The molecule has 0 unspecified atom stereocenters. The Balaban J connectivity index is 1.95. The lowest BCUT2D eigenvalue weighted by molar-refractivity contribution is 0.0951. The minimum Gasteiger partial charge on any atom is -0.474 e. The van der Waals surface area contributed by atoms with Crippen LogP contribution in [0.1, 0.15) is 39.5 Å². The van der Waals surface area contributed by atoms with E-state index >= 15 is 0 Å². The Bertz CT molecular complexity index is 394. The highest BCUT2D eigenvalue weighted by molar-refractivity contribution is 5.58. The van der Waals surface area contributed by atoms with E-state index in [0.29, 0.717) is 22.8 Å². The molecule has 1 aliphatic carbocycles. The molecule has 0 bridgehead atoms. The number of anilines is 2. The van der Waals surface area contributed by atoms with Crippen LogP contribution in [0.4, 0.5) is 11.5 Å². The van der Waals surface area contributed by atoms with E-state index in [2.05, 4.69) is 18.8 Å². The molecule has 1 heterocycles. The normalized spacial score (nSPS) is 20.1. The summed E-state index contributed by atoms with van der Waals surface area (Å²) >= 11 is 0. The summed E-state index contributed by atoms with van der Waals surface area (Å²) in [6.07, 6.45) is 4.82. The molecule has 0 saturated heterocycles. The van der Waals surface area contributed by atoms with E-state index in [1.54, 1.807) is 12.1 Å². The van der Waals surface area contributed by atoms with Crippen LogP contribution in [0.25, 0.3) is 0 Å². The van der Waals surface area contributed by atoms with E-state index in [-0.39, 0.29) is 6.10 Å². The maximum Gasteiger partial charge on any atom is 0.215 e. The summed E-state index contributed by atoms with van der Waals surface area (Å²) in [6.45, 7) is 4.62. The number of nitrogens with two attached hydrogens (primary N) is 2. The van der Waals surface area contributed by atoms with Crippen LogP contribution in [-0.4, -0.2) is 11.1 Å². The van der Waals surface area contributed by atoms with Gasteiger partial charge in [-0.25, -0.2) is 0 Å². The highest BCUT2D eigenvalue weighted by Crippen LogP contribution is 2.36. The lowest BCUT2D eigenvalue weighted by Crippen LogP contribution is -2.28. The SMILES string of the molecule is CC1(C)CCC(Oc2ccc(N)c(N)n2)CC1. The van der Waals surface area contributed by atoms with Gasteiger partial charge < -0.3 is 16.2 Å². The van der Waals surface area contributed by atoms with Crippen LogP contribution in [0.5, 0.6) is 5.88 Å². The summed E-state index contributed by atoms with van der Waals surface area (Å²) in [5.74, 6) is 0.931. The Morgan fingerprint density at radius 3 is 2.47 bits per heavy atom. The number of pyridine rings is 1. The highest BCUT2D eigenvalue weighted by Gasteiger charge is 2.27. The molecule has 94 valence electrons. The number of nitrogens with zero attached hydrogens (tertiary/aromatic N) is 1. The summed E-state index contributed by atoms with van der Waals surface area (Å²) in [6, 6.07) is 3.52. The standard InChI is InChI=1S/C13H21N3O/c1-13(2)7-5-9(6-8-13)17-11-4-3-10(14)12(15)16-11/h3-4,9H,5-8,14H2,1-2H3,(H2,15,16). The van der Waals surface area contributed by atoms with E-state index in [0.717, 1.165) is 12.8 Å². The molecule has 4 N–H and O–H groups in total. The fourth-order valence-corrected chi connectivity index (χ4v) is 2.19. The van der Waals surface area contributed by atoms with Crippen molar-refractivity contribution in [2.45, 2.75) is 45.6 Å². The van der Waals surface area contributed by atoms with Gasteiger partial charge in [0.1, 0.15) is 6.10 Å². The fourth-order valence-electron chi connectivity index (χ4n) is 2.19. The molecular weight excluding hydrogens is 214 g/mol. The molecule has 4 nitrogen and oxygen atoms in total. The Morgan fingerprint density at radius 1 is 1.24 bits per heavy atom. The molecule has 0 aliphatic heterocycles. The summed E-state index contributed by atoms with van der Waals surface area (Å²) in [4.78, 5) is 4.13. The van der Waals surface area contributed by atoms with Gasteiger partial charge in [0.15, 0.2) is 5.82 Å². The van der Waals surface area contributed by atoms with Crippen LogP contribution >= 0.6 is 0 Å². The quantitative estimate of drug-likeness (QED) is 0.826. The van der Waals surface area contributed by atoms with Gasteiger partial charge in [-0.15, -0.1) is 0 Å². The van der Waals surface area contributed by atoms with Crippen molar-refractivity contribution in [2.24, 2.45) is 5.41 Å². The third kappa shape index (κ3) is 3.02. The van der Waals surface area contributed by atoms with Crippen molar-refractivity contribution < 1.29 is 4.74 Å². The molecule has 1 aliphatic rings. The highest BCUT2D eigenvalue weighted by atomic mass is 16.5. The third-order valence-corrected chi connectivity index (χ3v) is 3.51. The van der Waals surface area contributed by atoms with Crippen molar-refractivity contribution in [3.8, 4) is 5.88 Å². The van der Waals surface area contributed by atoms with Crippen molar-refractivity contribution in [3.05, 3.63) is 12.1 Å². The predicted molar refractivity (Wildman–Crippen MR) is 69.7 cm³/mol. The van der Waals surface area contributed by atoms with Crippen molar-refractivity contribution >= 4 is 11.5 Å². The Hall–Kier alpha value is -1.45. The average molecular weight is 235 g/mol. The van der Waals surface area contributed by atoms with E-state index < -0.39 is 0 Å². The van der Waals surface area contributed by atoms with E-state index in [1.165, 1.54) is 12.8 Å². The van der Waals surface area contributed by atoms with E-state index in [4.69, 9.17) is 16.2 Å². The van der Waals surface area contributed by atoms with Crippen LogP contribution in [0, 0.1) is 5.41 Å². The number of hydrogen-bond acceptors (Lipinski definition) is 4. The van der Waals surface area contributed by atoms with Crippen molar-refractivity contribution in [2.75, 3.05) is 11.5 Å². The predicted octanol–water partition coefficient (Wildman–Crippen LogP) is 2.59. The largest absolute Gasteiger partial charge is 0.474 e. The average Bonchev–Trinajstić information content (AvgIpc) is 2.27. The molecule has 0 radical (unpaired) electrons. The molecule has 1 saturated carbocycles. The number of nitrogen functional groups attached to an aromatic ring is 2. The molecule has 0 amide bonds. The first-order valence-electron chi connectivity index (χ1n) is 6.15. The lowest BCUT2D eigenvalue weighted by Gasteiger charge is -2.34. The van der Waals surface area contributed by atoms with Crippen LogP contribution in [0.2, 0.25) is 0 Å². The zero-order valence-electron chi connectivity index (χ0n) is 10.6. The Kier molecular flexibility index (Phi) is 3.13. The topological polar surface area (TPSA) is 74.2 Å². The minimum absolute atomic E-state index is 0.263. The fraction of sp³-hybridized carbons (Fsp3) is 0.615. The number of hydrogen-bond donors (Lipinski definition) is 2. The molecule has 0 atom stereocenters. The maximum atomic E-state index is 5.84. The molecule has 4 heteroatoms. The van der Waals surface area contributed by atoms with Gasteiger partial charge in [-0.2, -0.15) is 4.98 Å². The molecule has 0 aromatic carbocycles. The molecule has 0 spiro atoms. The van der Waals surface area contributed by atoms with Gasteiger partial charge in [-0.1, -0.05) is 13.8 Å². The van der Waals surface area contributed by atoms with Gasteiger partial charge in [-0.05, 0) is 37.2 Å². The molecule has 1 aromatic rings.